The summed E-state index contributed by atoms with van der Waals surface area (Å²) < 4.78 is 0. The van der Waals surface area contributed by atoms with Crippen LogP contribution in [0.4, 0.5) is 0 Å². The predicted octanol–water partition coefficient (Wildman–Crippen LogP) is 3.40. The fourth-order valence-electron chi connectivity index (χ4n) is 2.99. The molecule has 0 saturated heterocycles. The van der Waals surface area contributed by atoms with Crippen LogP contribution < -0.4 is 5.32 Å². The lowest BCUT2D eigenvalue weighted by Crippen LogP contribution is -2.47. The molecule has 0 aromatic heterocycles. The standard InChI is InChI=1S/C15H23N/c1-5-13-14(9-15(13)16-4)12-7-6-10(2)11(3)8-12/h6-8,13-16H,5,9H2,1-4H3. The van der Waals surface area contributed by atoms with Gasteiger partial charge in [-0.2, -0.15) is 0 Å². The van der Waals surface area contributed by atoms with Gasteiger partial charge in [-0.15, -0.1) is 0 Å². The summed E-state index contributed by atoms with van der Waals surface area (Å²) in [6, 6.07) is 7.71. The van der Waals surface area contributed by atoms with E-state index in [-0.39, 0.29) is 0 Å². The van der Waals surface area contributed by atoms with Crippen molar-refractivity contribution in [3.63, 3.8) is 0 Å². The third-order valence-corrected chi connectivity index (χ3v) is 4.34. The van der Waals surface area contributed by atoms with Crippen LogP contribution in [0.25, 0.3) is 0 Å². The van der Waals surface area contributed by atoms with Crippen LogP contribution in [-0.2, 0) is 0 Å². The molecule has 2 rings (SSSR count). The molecule has 88 valence electrons. The van der Waals surface area contributed by atoms with Crippen LogP contribution in [0.2, 0.25) is 0 Å². The first-order chi connectivity index (χ1) is 7.67. The minimum Gasteiger partial charge on any atom is -0.317 e. The maximum absolute atomic E-state index is 3.43. The van der Waals surface area contributed by atoms with E-state index in [1.807, 2.05) is 0 Å². The van der Waals surface area contributed by atoms with Crippen molar-refractivity contribution in [1.29, 1.82) is 0 Å². The quantitative estimate of drug-likeness (QED) is 0.818. The monoisotopic (exact) mass is 217 g/mol. The van der Waals surface area contributed by atoms with E-state index in [1.165, 1.54) is 24.0 Å². The second-order valence-corrected chi connectivity index (χ2v) is 5.15. The topological polar surface area (TPSA) is 12.0 Å². The summed E-state index contributed by atoms with van der Waals surface area (Å²) in [6.07, 6.45) is 2.58. The van der Waals surface area contributed by atoms with Crippen LogP contribution in [0.1, 0.15) is 42.4 Å². The highest BCUT2D eigenvalue weighted by molar-refractivity contribution is 5.34. The number of benzene rings is 1. The summed E-state index contributed by atoms with van der Waals surface area (Å²) in [6.45, 7) is 6.71. The highest BCUT2D eigenvalue weighted by atomic mass is 14.9. The van der Waals surface area contributed by atoms with Gasteiger partial charge in [-0.3, -0.25) is 0 Å². The molecule has 1 aromatic rings. The molecule has 0 amide bonds. The minimum absolute atomic E-state index is 0.733. The number of nitrogens with one attached hydrogen (secondary N) is 1. The third kappa shape index (κ3) is 1.89. The van der Waals surface area contributed by atoms with E-state index >= 15 is 0 Å². The van der Waals surface area contributed by atoms with Crippen LogP contribution in [-0.4, -0.2) is 13.1 Å². The SMILES string of the molecule is CCC1C(NC)CC1c1ccc(C)c(C)c1. The molecule has 1 aromatic carbocycles. The van der Waals surface area contributed by atoms with Gasteiger partial charge in [0.2, 0.25) is 0 Å². The Kier molecular flexibility index (Phi) is 3.34. The number of rotatable bonds is 3. The van der Waals surface area contributed by atoms with E-state index in [4.69, 9.17) is 0 Å². The zero-order valence-electron chi connectivity index (χ0n) is 10.9. The predicted molar refractivity (Wildman–Crippen MR) is 69.9 cm³/mol. The summed E-state index contributed by atoms with van der Waals surface area (Å²) in [5.74, 6) is 1.61. The average Bonchev–Trinajstić information content (AvgIpc) is 2.23. The molecule has 0 bridgehead atoms. The molecule has 0 heterocycles. The Morgan fingerprint density at radius 3 is 2.56 bits per heavy atom. The van der Waals surface area contributed by atoms with Gasteiger partial charge in [0.25, 0.3) is 0 Å². The maximum Gasteiger partial charge on any atom is 0.0104 e. The molecule has 3 atom stereocenters. The van der Waals surface area contributed by atoms with E-state index < -0.39 is 0 Å². The Morgan fingerprint density at radius 2 is 2.00 bits per heavy atom. The van der Waals surface area contributed by atoms with Crippen molar-refractivity contribution >= 4 is 0 Å². The maximum atomic E-state index is 3.43. The molecular weight excluding hydrogens is 194 g/mol. The molecule has 1 nitrogen and oxygen atoms in total. The summed E-state index contributed by atoms with van der Waals surface area (Å²) in [5.41, 5.74) is 4.38. The molecule has 0 spiro atoms. The molecular formula is C15H23N. The lowest BCUT2D eigenvalue weighted by molar-refractivity contribution is 0.169. The zero-order chi connectivity index (χ0) is 11.7. The Bertz CT molecular complexity index is 370. The zero-order valence-corrected chi connectivity index (χ0v) is 10.9. The van der Waals surface area contributed by atoms with Gasteiger partial charge in [0.05, 0.1) is 0 Å². The first-order valence-corrected chi connectivity index (χ1v) is 6.41. The van der Waals surface area contributed by atoms with Crippen molar-refractivity contribution in [3.8, 4) is 0 Å². The largest absolute Gasteiger partial charge is 0.317 e. The second-order valence-electron chi connectivity index (χ2n) is 5.15. The van der Waals surface area contributed by atoms with E-state index in [0.29, 0.717) is 0 Å². The van der Waals surface area contributed by atoms with Gasteiger partial charge in [-0.1, -0.05) is 31.5 Å². The Balaban J connectivity index is 2.16. The third-order valence-electron chi connectivity index (χ3n) is 4.34. The molecule has 1 aliphatic rings. The van der Waals surface area contributed by atoms with Crippen LogP contribution in [0.5, 0.6) is 0 Å². The number of hydrogen-bond acceptors (Lipinski definition) is 1. The molecule has 1 saturated carbocycles. The Hall–Kier alpha value is -0.820. The highest BCUT2D eigenvalue weighted by Gasteiger charge is 2.39. The van der Waals surface area contributed by atoms with Crippen molar-refractivity contribution in [3.05, 3.63) is 34.9 Å². The first-order valence-electron chi connectivity index (χ1n) is 6.41. The van der Waals surface area contributed by atoms with Crippen molar-refractivity contribution in [2.45, 2.75) is 45.6 Å². The van der Waals surface area contributed by atoms with Crippen molar-refractivity contribution in [2.24, 2.45) is 5.92 Å². The van der Waals surface area contributed by atoms with Crippen LogP contribution in [0.15, 0.2) is 18.2 Å². The number of aryl methyl sites for hydroxylation is 2. The lowest BCUT2D eigenvalue weighted by Gasteiger charge is -2.45. The molecule has 1 heteroatoms. The van der Waals surface area contributed by atoms with E-state index in [9.17, 15) is 0 Å². The average molecular weight is 217 g/mol. The fraction of sp³-hybridized carbons (Fsp3) is 0.600. The summed E-state index contributed by atoms with van der Waals surface area (Å²) in [7, 11) is 2.09. The smallest absolute Gasteiger partial charge is 0.0104 e. The highest BCUT2D eigenvalue weighted by Crippen LogP contribution is 2.44. The Morgan fingerprint density at radius 1 is 1.25 bits per heavy atom. The molecule has 16 heavy (non-hydrogen) atoms. The molecule has 0 radical (unpaired) electrons. The van der Waals surface area contributed by atoms with Gasteiger partial charge in [-0.05, 0) is 55.8 Å². The molecule has 1 aliphatic carbocycles. The van der Waals surface area contributed by atoms with Crippen molar-refractivity contribution in [2.75, 3.05) is 7.05 Å². The van der Waals surface area contributed by atoms with Gasteiger partial charge in [0.1, 0.15) is 0 Å². The van der Waals surface area contributed by atoms with Gasteiger partial charge in [-0.25, -0.2) is 0 Å². The van der Waals surface area contributed by atoms with Gasteiger partial charge < -0.3 is 5.32 Å². The fourth-order valence-corrected chi connectivity index (χ4v) is 2.99. The molecule has 1 N–H and O–H groups in total. The van der Waals surface area contributed by atoms with E-state index in [0.717, 1.165) is 17.9 Å². The molecule has 3 unspecified atom stereocenters. The normalized spacial score (nSPS) is 28.9. The van der Waals surface area contributed by atoms with E-state index in [1.54, 1.807) is 5.56 Å². The summed E-state index contributed by atoms with van der Waals surface area (Å²) >= 11 is 0. The van der Waals surface area contributed by atoms with Gasteiger partial charge in [0, 0.05) is 6.04 Å². The molecule has 1 fully saturated rings. The van der Waals surface area contributed by atoms with Crippen LogP contribution in [0.3, 0.4) is 0 Å². The first kappa shape index (κ1) is 11.7. The lowest BCUT2D eigenvalue weighted by atomic mass is 9.65. The summed E-state index contributed by atoms with van der Waals surface area (Å²) in [5, 5.41) is 3.43. The van der Waals surface area contributed by atoms with Crippen molar-refractivity contribution in [1.82, 2.24) is 5.32 Å². The second kappa shape index (κ2) is 4.58. The minimum atomic E-state index is 0.733. The van der Waals surface area contributed by atoms with Gasteiger partial charge in [0.15, 0.2) is 0 Å². The van der Waals surface area contributed by atoms with Crippen molar-refractivity contribution < 1.29 is 0 Å². The Labute approximate surface area is 99.3 Å². The molecule has 0 aliphatic heterocycles. The van der Waals surface area contributed by atoms with E-state index in [2.05, 4.69) is 51.3 Å². The summed E-state index contributed by atoms with van der Waals surface area (Å²) in [4.78, 5) is 0. The van der Waals surface area contributed by atoms with Crippen LogP contribution in [0, 0.1) is 19.8 Å². The van der Waals surface area contributed by atoms with Gasteiger partial charge >= 0.3 is 0 Å². The number of hydrogen-bond donors (Lipinski definition) is 1. The van der Waals surface area contributed by atoms with Crippen LogP contribution >= 0.6 is 0 Å².